The lowest BCUT2D eigenvalue weighted by Gasteiger charge is -2.10. The molecular weight excluding hydrogens is 352 g/mol. The molecule has 4 rings (SSSR count). The second-order valence-corrected chi connectivity index (χ2v) is 8.74. The zero-order chi connectivity index (χ0) is 18.1. The minimum atomic E-state index is -3.06. The molecule has 1 saturated heterocycles. The van der Waals surface area contributed by atoms with Crippen LogP contribution >= 0.6 is 0 Å². The van der Waals surface area contributed by atoms with Gasteiger partial charge in [0.1, 0.15) is 5.82 Å². The van der Waals surface area contributed by atoms with E-state index >= 15 is 0 Å². The van der Waals surface area contributed by atoms with Gasteiger partial charge in [-0.1, -0.05) is 18.2 Å². The molecule has 1 fully saturated rings. The van der Waals surface area contributed by atoms with Crippen LogP contribution in [0.1, 0.15) is 17.8 Å². The molecule has 0 spiro atoms. The van der Waals surface area contributed by atoms with E-state index in [4.69, 9.17) is 0 Å². The highest BCUT2D eigenvalue weighted by atomic mass is 32.2. The monoisotopic (exact) mass is 370 g/mol. The molecule has 1 aliphatic rings. The van der Waals surface area contributed by atoms with Crippen LogP contribution in [-0.4, -0.2) is 40.4 Å². The zero-order valence-electron chi connectivity index (χ0n) is 14.0. The summed E-state index contributed by atoms with van der Waals surface area (Å²) in [6.45, 7) is 0. The van der Waals surface area contributed by atoms with Gasteiger partial charge in [-0.05, 0) is 36.2 Å². The normalized spacial score (nSPS) is 18.8. The summed E-state index contributed by atoms with van der Waals surface area (Å²) < 4.78 is 24.9. The molecule has 1 unspecified atom stereocenters. The molecule has 7 nitrogen and oxygen atoms in total. The standard InChI is InChI=1S/C18H18N4O3S/c23-18(14-8-10-26(24,25)12-14)19-15-6-4-13(5-7-15)11-17-21-20-16-3-1-2-9-22(16)17/h1-7,9,14H,8,10-12H2,(H,19,23). The number of aromatic nitrogens is 3. The van der Waals surface area contributed by atoms with E-state index < -0.39 is 15.8 Å². The van der Waals surface area contributed by atoms with Gasteiger partial charge in [-0.3, -0.25) is 9.20 Å². The summed E-state index contributed by atoms with van der Waals surface area (Å²) in [5.74, 6) is 0.186. The number of amides is 1. The van der Waals surface area contributed by atoms with Crippen LogP contribution in [0.2, 0.25) is 0 Å². The third-order valence-corrected chi connectivity index (χ3v) is 6.34. The number of anilines is 1. The molecule has 0 bridgehead atoms. The Bertz CT molecular complexity index is 1060. The van der Waals surface area contributed by atoms with Gasteiger partial charge < -0.3 is 5.32 Å². The number of sulfone groups is 1. The van der Waals surface area contributed by atoms with E-state index in [2.05, 4.69) is 15.5 Å². The highest BCUT2D eigenvalue weighted by Gasteiger charge is 2.32. The minimum Gasteiger partial charge on any atom is -0.326 e. The lowest BCUT2D eigenvalue weighted by Crippen LogP contribution is -2.23. The van der Waals surface area contributed by atoms with E-state index in [1.165, 1.54) is 0 Å². The van der Waals surface area contributed by atoms with Crippen molar-refractivity contribution in [2.24, 2.45) is 5.92 Å². The summed E-state index contributed by atoms with van der Waals surface area (Å²) in [6, 6.07) is 13.2. The molecule has 8 heteroatoms. The first-order chi connectivity index (χ1) is 12.5. The van der Waals surface area contributed by atoms with Crippen molar-refractivity contribution in [1.82, 2.24) is 14.6 Å². The maximum absolute atomic E-state index is 12.2. The van der Waals surface area contributed by atoms with Gasteiger partial charge in [-0.15, -0.1) is 10.2 Å². The number of pyridine rings is 1. The largest absolute Gasteiger partial charge is 0.326 e. The van der Waals surface area contributed by atoms with Gasteiger partial charge >= 0.3 is 0 Å². The summed E-state index contributed by atoms with van der Waals surface area (Å²) in [5.41, 5.74) is 2.51. The molecule has 3 heterocycles. The lowest BCUT2D eigenvalue weighted by atomic mass is 10.1. The van der Waals surface area contributed by atoms with Crippen LogP contribution in [0.5, 0.6) is 0 Å². The van der Waals surface area contributed by atoms with E-state index in [-0.39, 0.29) is 17.4 Å². The average molecular weight is 370 g/mol. The summed E-state index contributed by atoms with van der Waals surface area (Å²) >= 11 is 0. The number of benzene rings is 1. The number of fused-ring (bicyclic) bond motifs is 1. The van der Waals surface area contributed by atoms with Crippen LogP contribution < -0.4 is 5.32 Å². The van der Waals surface area contributed by atoms with Crippen molar-refractivity contribution in [2.75, 3.05) is 16.8 Å². The van der Waals surface area contributed by atoms with Crippen molar-refractivity contribution in [3.8, 4) is 0 Å². The molecule has 1 N–H and O–H groups in total. The van der Waals surface area contributed by atoms with Gasteiger partial charge in [0.25, 0.3) is 0 Å². The maximum Gasteiger partial charge on any atom is 0.228 e. The molecule has 1 aliphatic heterocycles. The molecule has 0 saturated carbocycles. The minimum absolute atomic E-state index is 0.0587. The van der Waals surface area contributed by atoms with Gasteiger partial charge in [-0.25, -0.2) is 8.42 Å². The van der Waals surface area contributed by atoms with Crippen molar-refractivity contribution in [2.45, 2.75) is 12.8 Å². The van der Waals surface area contributed by atoms with E-state index in [0.717, 1.165) is 17.0 Å². The van der Waals surface area contributed by atoms with E-state index in [0.29, 0.717) is 18.5 Å². The zero-order valence-corrected chi connectivity index (χ0v) is 14.8. The van der Waals surface area contributed by atoms with Gasteiger partial charge in [0.15, 0.2) is 15.5 Å². The predicted molar refractivity (Wildman–Crippen MR) is 97.6 cm³/mol. The Labute approximate surface area is 151 Å². The van der Waals surface area contributed by atoms with Crippen molar-refractivity contribution in [1.29, 1.82) is 0 Å². The van der Waals surface area contributed by atoms with Gasteiger partial charge in [0.2, 0.25) is 5.91 Å². The third kappa shape index (κ3) is 3.45. The lowest BCUT2D eigenvalue weighted by molar-refractivity contribution is -0.119. The number of nitrogens with zero attached hydrogens (tertiary/aromatic N) is 3. The number of nitrogens with one attached hydrogen (secondary N) is 1. The second kappa shape index (κ2) is 6.53. The van der Waals surface area contributed by atoms with Crippen molar-refractivity contribution < 1.29 is 13.2 Å². The summed E-state index contributed by atoms with van der Waals surface area (Å²) in [6.07, 6.45) is 2.95. The molecule has 1 amide bonds. The van der Waals surface area contributed by atoms with Crippen molar-refractivity contribution >= 4 is 27.1 Å². The number of carbonyl (C=O) groups excluding carboxylic acids is 1. The maximum atomic E-state index is 12.2. The average Bonchev–Trinajstić information content (AvgIpc) is 3.20. The molecule has 134 valence electrons. The molecule has 0 aliphatic carbocycles. The Morgan fingerprint density at radius 3 is 2.69 bits per heavy atom. The van der Waals surface area contributed by atoms with Crippen molar-refractivity contribution in [3.63, 3.8) is 0 Å². The topological polar surface area (TPSA) is 93.4 Å². The summed E-state index contributed by atoms with van der Waals surface area (Å²) in [5, 5.41) is 11.1. The van der Waals surface area contributed by atoms with E-state index in [1.807, 2.05) is 53.1 Å². The van der Waals surface area contributed by atoms with Gasteiger partial charge in [-0.2, -0.15) is 0 Å². The fourth-order valence-electron chi connectivity index (χ4n) is 3.15. The van der Waals surface area contributed by atoms with Crippen LogP contribution in [0.4, 0.5) is 5.69 Å². The van der Waals surface area contributed by atoms with Crippen molar-refractivity contribution in [3.05, 3.63) is 60.0 Å². The quantitative estimate of drug-likeness (QED) is 0.754. The van der Waals surface area contributed by atoms with Crippen LogP contribution in [0, 0.1) is 5.92 Å². The van der Waals surface area contributed by atoms with E-state index in [9.17, 15) is 13.2 Å². The van der Waals surface area contributed by atoms with Crippen LogP contribution in [0.3, 0.4) is 0 Å². The van der Waals surface area contributed by atoms with Crippen LogP contribution in [-0.2, 0) is 21.1 Å². The fourth-order valence-corrected chi connectivity index (χ4v) is 4.89. The molecule has 2 aromatic heterocycles. The molecule has 3 aromatic rings. The summed E-state index contributed by atoms with van der Waals surface area (Å²) in [7, 11) is -3.06. The van der Waals surface area contributed by atoms with Gasteiger partial charge in [0.05, 0.1) is 17.4 Å². The Balaban J connectivity index is 1.43. The van der Waals surface area contributed by atoms with Crippen LogP contribution in [0.15, 0.2) is 48.7 Å². The molecule has 26 heavy (non-hydrogen) atoms. The Hall–Kier alpha value is -2.74. The SMILES string of the molecule is O=C(Nc1ccc(Cc2nnc3ccccn23)cc1)C1CCS(=O)(=O)C1. The smallest absolute Gasteiger partial charge is 0.228 e. The Morgan fingerprint density at radius 2 is 1.96 bits per heavy atom. The number of rotatable bonds is 4. The first kappa shape index (κ1) is 16.7. The molecule has 1 atom stereocenters. The number of hydrogen-bond acceptors (Lipinski definition) is 5. The highest BCUT2D eigenvalue weighted by molar-refractivity contribution is 7.91. The molecular formula is C18H18N4O3S. The van der Waals surface area contributed by atoms with E-state index in [1.54, 1.807) is 0 Å². The van der Waals surface area contributed by atoms with Gasteiger partial charge in [0, 0.05) is 18.3 Å². The second-order valence-electron chi connectivity index (χ2n) is 6.51. The summed E-state index contributed by atoms with van der Waals surface area (Å²) in [4.78, 5) is 12.2. The fraction of sp³-hybridized carbons (Fsp3) is 0.278. The first-order valence-electron chi connectivity index (χ1n) is 8.39. The number of hydrogen-bond donors (Lipinski definition) is 1. The molecule has 0 radical (unpaired) electrons. The Kier molecular flexibility index (Phi) is 4.20. The molecule has 1 aromatic carbocycles. The Morgan fingerprint density at radius 1 is 1.15 bits per heavy atom. The van der Waals surface area contributed by atoms with Crippen LogP contribution in [0.25, 0.3) is 5.65 Å². The third-order valence-electron chi connectivity index (χ3n) is 4.57. The predicted octanol–water partition coefficient (Wildman–Crippen LogP) is 1.69. The number of carbonyl (C=O) groups is 1. The first-order valence-corrected chi connectivity index (χ1v) is 10.2. The highest BCUT2D eigenvalue weighted by Crippen LogP contribution is 2.21.